The average Bonchev–Trinajstić information content (AvgIpc) is 2.49. The van der Waals surface area contributed by atoms with Crippen molar-refractivity contribution in [3.05, 3.63) is 53.6 Å². The van der Waals surface area contributed by atoms with Crippen LogP contribution >= 0.6 is 0 Å². The minimum absolute atomic E-state index is 0.120. The molecule has 0 atom stereocenters. The molecule has 0 heterocycles. The molecule has 2 rings (SSSR count). The molecule has 5 nitrogen and oxygen atoms in total. The van der Waals surface area contributed by atoms with E-state index in [0.29, 0.717) is 17.0 Å². The maximum Gasteiger partial charge on any atom is 0.261 e. The maximum absolute atomic E-state index is 12.4. The number of ether oxygens (including phenoxy) is 1. The Balaban J connectivity index is 2.35. The molecule has 0 aliphatic heterocycles. The Morgan fingerprint density at radius 1 is 1.09 bits per heavy atom. The monoisotopic (exact) mass is 319 g/mol. The van der Waals surface area contributed by atoms with Crippen molar-refractivity contribution >= 4 is 21.5 Å². The predicted octanol–water partition coefficient (Wildman–Crippen LogP) is 3.01. The van der Waals surface area contributed by atoms with Crippen LogP contribution in [-0.4, -0.2) is 21.3 Å². The molecule has 0 aliphatic rings. The van der Waals surface area contributed by atoms with Gasteiger partial charge in [-0.2, -0.15) is 0 Å². The van der Waals surface area contributed by atoms with Crippen molar-refractivity contribution in [2.75, 3.05) is 11.8 Å². The number of nitrogens with one attached hydrogen (secondary N) is 1. The first-order chi connectivity index (χ1) is 10.3. The fraction of sp³-hybridized carbons (Fsp3) is 0.188. The van der Waals surface area contributed by atoms with Gasteiger partial charge in [-0.15, -0.1) is 0 Å². The lowest BCUT2D eigenvalue weighted by Crippen LogP contribution is -2.14. The van der Waals surface area contributed by atoms with E-state index in [0.717, 1.165) is 5.56 Å². The van der Waals surface area contributed by atoms with Gasteiger partial charge in [-0.05, 0) is 49.7 Å². The number of carbonyl (C=O) groups is 1. The SMILES string of the molecule is COc1ccc(S(=O)(=O)Nc2cc(C(C)=O)ccc2C)cc1. The quantitative estimate of drug-likeness (QED) is 0.860. The molecule has 0 amide bonds. The van der Waals surface area contributed by atoms with Crippen molar-refractivity contribution in [3.8, 4) is 5.75 Å². The summed E-state index contributed by atoms with van der Waals surface area (Å²) in [5, 5.41) is 0. The average molecular weight is 319 g/mol. The fourth-order valence-electron chi connectivity index (χ4n) is 1.91. The summed E-state index contributed by atoms with van der Waals surface area (Å²) in [6, 6.07) is 11.0. The molecule has 0 fully saturated rings. The lowest BCUT2D eigenvalue weighted by Gasteiger charge is -2.12. The topological polar surface area (TPSA) is 72.5 Å². The van der Waals surface area contributed by atoms with Gasteiger partial charge < -0.3 is 4.74 Å². The minimum Gasteiger partial charge on any atom is -0.497 e. The second kappa shape index (κ2) is 6.19. The van der Waals surface area contributed by atoms with Crippen LogP contribution in [0.1, 0.15) is 22.8 Å². The summed E-state index contributed by atoms with van der Waals surface area (Å²) < 4.78 is 32.3. The van der Waals surface area contributed by atoms with Gasteiger partial charge in [0.2, 0.25) is 0 Å². The number of ketones is 1. The van der Waals surface area contributed by atoms with Crippen molar-refractivity contribution in [2.45, 2.75) is 18.7 Å². The summed E-state index contributed by atoms with van der Waals surface area (Å²) >= 11 is 0. The molecule has 0 unspecified atom stereocenters. The zero-order chi connectivity index (χ0) is 16.3. The molecule has 1 N–H and O–H groups in total. The predicted molar refractivity (Wildman–Crippen MR) is 85.0 cm³/mol. The number of rotatable bonds is 5. The number of sulfonamides is 1. The number of Topliss-reactive ketones (excluding diaryl/α,β-unsaturated/α-hetero) is 1. The van der Waals surface area contributed by atoms with Crippen molar-refractivity contribution in [3.63, 3.8) is 0 Å². The van der Waals surface area contributed by atoms with Gasteiger partial charge >= 0.3 is 0 Å². The molecule has 116 valence electrons. The van der Waals surface area contributed by atoms with Crippen LogP contribution in [0.5, 0.6) is 5.75 Å². The van der Waals surface area contributed by atoms with Gasteiger partial charge in [-0.3, -0.25) is 9.52 Å². The standard InChI is InChI=1S/C16H17NO4S/c1-11-4-5-13(12(2)18)10-16(11)17-22(19,20)15-8-6-14(21-3)7-9-15/h4-10,17H,1-3H3. The van der Waals surface area contributed by atoms with E-state index in [4.69, 9.17) is 4.74 Å². The molecule has 22 heavy (non-hydrogen) atoms. The summed E-state index contributed by atoms with van der Waals surface area (Å²) in [5.74, 6) is 0.457. The summed E-state index contributed by atoms with van der Waals surface area (Å²) in [5.41, 5.74) is 1.59. The van der Waals surface area contributed by atoms with Crippen LogP contribution < -0.4 is 9.46 Å². The molecule has 6 heteroatoms. The van der Waals surface area contributed by atoms with Crippen LogP contribution in [0.25, 0.3) is 0 Å². The molecule has 0 aliphatic carbocycles. The second-order valence-electron chi connectivity index (χ2n) is 4.87. The maximum atomic E-state index is 12.4. The third kappa shape index (κ3) is 3.46. The van der Waals surface area contributed by atoms with Crippen molar-refractivity contribution in [2.24, 2.45) is 0 Å². The lowest BCUT2D eigenvalue weighted by molar-refractivity contribution is 0.101. The Bertz CT molecular complexity index is 795. The lowest BCUT2D eigenvalue weighted by atomic mass is 10.1. The van der Waals surface area contributed by atoms with Crippen LogP contribution in [0.2, 0.25) is 0 Å². The largest absolute Gasteiger partial charge is 0.497 e. The molecule has 0 spiro atoms. The van der Waals surface area contributed by atoms with Gasteiger partial charge in [0.15, 0.2) is 5.78 Å². The molecular formula is C16H17NO4S. The Morgan fingerprint density at radius 3 is 2.27 bits per heavy atom. The number of methoxy groups -OCH3 is 1. The minimum atomic E-state index is -3.72. The molecule has 0 aromatic heterocycles. The van der Waals surface area contributed by atoms with Crippen molar-refractivity contribution < 1.29 is 17.9 Å². The summed E-state index contributed by atoms with van der Waals surface area (Å²) in [7, 11) is -2.21. The number of aryl methyl sites for hydroxylation is 1. The Kier molecular flexibility index (Phi) is 4.51. The number of benzene rings is 2. The van der Waals surface area contributed by atoms with E-state index in [1.165, 1.54) is 26.2 Å². The van der Waals surface area contributed by atoms with Gasteiger partial charge in [0.1, 0.15) is 5.75 Å². The molecule has 2 aromatic rings. The Hall–Kier alpha value is -2.34. The van der Waals surface area contributed by atoms with Gasteiger partial charge in [0.25, 0.3) is 10.0 Å². The molecular weight excluding hydrogens is 302 g/mol. The van der Waals surface area contributed by atoms with E-state index in [1.54, 1.807) is 37.3 Å². The van der Waals surface area contributed by atoms with E-state index < -0.39 is 10.0 Å². The van der Waals surface area contributed by atoms with E-state index in [2.05, 4.69) is 4.72 Å². The van der Waals surface area contributed by atoms with Crippen LogP contribution in [0.4, 0.5) is 5.69 Å². The zero-order valence-corrected chi connectivity index (χ0v) is 13.4. The van der Waals surface area contributed by atoms with Crippen LogP contribution in [0, 0.1) is 6.92 Å². The summed E-state index contributed by atoms with van der Waals surface area (Å²) in [6.45, 7) is 3.21. The number of hydrogen-bond acceptors (Lipinski definition) is 4. The summed E-state index contributed by atoms with van der Waals surface area (Å²) in [4.78, 5) is 11.5. The van der Waals surface area contributed by atoms with Gasteiger partial charge in [0, 0.05) is 5.56 Å². The van der Waals surface area contributed by atoms with Crippen LogP contribution in [-0.2, 0) is 10.0 Å². The number of carbonyl (C=O) groups excluding carboxylic acids is 1. The van der Waals surface area contributed by atoms with Crippen molar-refractivity contribution in [1.29, 1.82) is 0 Å². The van der Waals surface area contributed by atoms with Crippen molar-refractivity contribution in [1.82, 2.24) is 0 Å². The highest BCUT2D eigenvalue weighted by molar-refractivity contribution is 7.92. The highest BCUT2D eigenvalue weighted by atomic mass is 32.2. The van der Waals surface area contributed by atoms with E-state index in [9.17, 15) is 13.2 Å². The van der Waals surface area contributed by atoms with Gasteiger partial charge in [0.05, 0.1) is 17.7 Å². The molecule has 0 saturated carbocycles. The fourth-order valence-corrected chi connectivity index (χ4v) is 3.03. The highest BCUT2D eigenvalue weighted by Crippen LogP contribution is 2.22. The van der Waals surface area contributed by atoms with Crippen LogP contribution in [0.3, 0.4) is 0 Å². The third-order valence-electron chi connectivity index (χ3n) is 3.26. The molecule has 0 saturated heterocycles. The highest BCUT2D eigenvalue weighted by Gasteiger charge is 2.16. The van der Waals surface area contributed by atoms with Crippen LogP contribution in [0.15, 0.2) is 47.4 Å². The molecule has 0 bridgehead atoms. The first-order valence-corrected chi connectivity index (χ1v) is 8.10. The van der Waals surface area contributed by atoms with E-state index >= 15 is 0 Å². The first-order valence-electron chi connectivity index (χ1n) is 6.62. The normalized spacial score (nSPS) is 11.0. The zero-order valence-electron chi connectivity index (χ0n) is 12.6. The van der Waals surface area contributed by atoms with Gasteiger partial charge in [-0.25, -0.2) is 8.42 Å². The first kappa shape index (κ1) is 16.0. The second-order valence-corrected chi connectivity index (χ2v) is 6.55. The Labute approximate surface area is 130 Å². The summed E-state index contributed by atoms with van der Waals surface area (Å²) in [6.07, 6.45) is 0. The molecule has 2 aromatic carbocycles. The number of anilines is 1. The van der Waals surface area contributed by atoms with E-state index in [-0.39, 0.29) is 10.7 Å². The van der Waals surface area contributed by atoms with Gasteiger partial charge in [-0.1, -0.05) is 12.1 Å². The Morgan fingerprint density at radius 2 is 1.73 bits per heavy atom. The van der Waals surface area contributed by atoms with E-state index in [1.807, 2.05) is 0 Å². The smallest absolute Gasteiger partial charge is 0.261 e. The third-order valence-corrected chi connectivity index (χ3v) is 4.64. The molecule has 0 radical (unpaired) electrons. The number of hydrogen-bond donors (Lipinski definition) is 1.